The van der Waals surface area contributed by atoms with E-state index in [2.05, 4.69) is 12.2 Å². The molecule has 0 spiro atoms. The van der Waals surface area contributed by atoms with Crippen LogP contribution in [-0.2, 0) is 4.79 Å². The van der Waals surface area contributed by atoms with E-state index in [9.17, 15) is 9.90 Å². The van der Waals surface area contributed by atoms with E-state index in [0.717, 1.165) is 12.8 Å². The van der Waals surface area contributed by atoms with Crippen molar-refractivity contribution in [1.82, 2.24) is 10.2 Å². The van der Waals surface area contributed by atoms with Gasteiger partial charge in [0.15, 0.2) is 0 Å². The maximum Gasteiger partial charge on any atom is 0.221 e. The van der Waals surface area contributed by atoms with E-state index in [1.54, 1.807) is 6.92 Å². The number of carbonyl (C=O) groups is 1. The molecular formula is C23H49ClN2O2. The fourth-order valence-electron chi connectivity index (χ4n) is 3.58. The molecular weight excluding hydrogens is 372 g/mol. The summed E-state index contributed by atoms with van der Waals surface area (Å²) < 4.78 is 0. The molecule has 0 aliphatic rings. The fraction of sp³-hybridized carbons (Fsp3) is 0.957. The van der Waals surface area contributed by atoms with Crippen molar-refractivity contribution >= 4 is 18.3 Å². The predicted molar refractivity (Wildman–Crippen MR) is 124 cm³/mol. The summed E-state index contributed by atoms with van der Waals surface area (Å²) in [5.74, 6) is 0.0456. The Hall–Kier alpha value is -0.320. The summed E-state index contributed by atoms with van der Waals surface area (Å²) in [5, 5.41) is 12.6. The summed E-state index contributed by atoms with van der Waals surface area (Å²) in [4.78, 5) is 13.8. The predicted octanol–water partition coefficient (Wildman–Crippen LogP) is 6.05. The highest BCUT2D eigenvalue weighted by Gasteiger charge is 2.18. The van der Waals surface area contributed by atoms with Crippen LogP contribution in [0.1, 0.15) is 117 Å². The first kappa shape index (κ1) is 29.9. The molecule has 1 amide bonds. The highest BCUT2D eigenvalue weighted by molar-refractivity contribution is 5.85. The Morgan fingerprint density at radius 1 is 0.786 bits per heavy atom. The number of rotatable bonds is 19. The van der Waals surface area contributed by atoms with E-state index in [1.807, 2.05) is 19.0 Å². The van der Waals surface area contributed by atoms with Gasteiger partial charge in [-0.05, 0) is 27.4 Å². The summed E-state index contributed by atoms with van der Waals surface area (Å²) in [6.07, 6.45) is 19.7. The van der Waals surface area contributed by atoms with Gasteiger partial charge in [-0.15, -0.1) is 12.4 Å². The van der Waals surface area contributed by atoms with Gasteiger partial charge in [-0.25, -0.2) is 0 Å². The molecule has 0 aromatic heterocycles. The van der Waals surface area contributed by atoms with Gasteiger partial charge in [-0.1, -0.05) is 96.8 Å². The Morgan fingerprint density at radius 2 is 1.14 bits per heavy atom. The Balaban J connectivity index is 0. The summed E-state index contributed by atoms with van der Waals surface area (Å²) in [6.45, 7) is 3.98. The molecule has 0 heterocycles. The first-order valence-corrected chi connectivity index (χ1v) is 11.6. The minimum Gasteiger partial charge on any atom is -0.390 e. The maximum absolute atomic E-state index is 11.9. The van der Waals surface area contributed by atoms with Crippen molar-refractivity contribution in [3.8, 4) is 0 Å². The topological polar surface area (TPSA) is 52.6 Å². The van der Waals surface area contributed by atoms with Crippen LogP contribution in [0.25, 0.3) is 0 Å². The third-order valence-corrected chi connectivity index (χ3v) is 5.33. The maximum atomic E-state index is 11.9. The van der Waals surface area contributed by atoms with Crippen molar-refractivity contribution in [2.45, 2.75) is 129 Å². The van der Waals surface area contributed by atoms with Gasteiger partial charge >= 0.3 is 0 Å². The molecule has 0 aromatic rings. The number of unbranched alkanes of at least 4 members (excludes halogenated alkanes) is 14. The molecule has 0 rings (SSSR count). The molecule has 0 radical (unpaired) electrons. The standard InChI is InChI=1S/C23H48N2O2.ClH/c1-5-6-7-8-9-10-11-12-13-14-15-16-17-18-19-20-22(27)24-23(21(2)26)25(3)4;/h21,23,26H,5-20H2,1-4H3,(H,24,27);1H. The average molecular weight is 421 g/mol. The van der Waals surface area contributed by atoms with Crippen molar-refractivity contribution in [1.29, 1.82) is 0 Å². The lowest BCUT2D eigenvalue weighted by atomic mass is 10.0. The number of aliphatic hydroxyl groups is 1. The molecule has 28 heavy (non-hydrogen) atoms. The van der Waals surface area contributed by atoms with Gasteiger partial charge in [-0.2, -0.15) is 0 Å². The summed E-state index contributed by atoms with van der Waals surface area (Å²) >= 11 is 0. The normalized spacial score (nSPS) is 13.2. The number of carbonyl (C=O) groups excluding carboxylic acids is 1. The molecule has 0 fully saturated rings. The van der Waals surface area contributed by atoms with Crippen LogP contribution < -0.4 is 5.32 Å². The quantitative estimate of drug-likeness (QED) is 0.197. The number of hydrogen-bond donors (Lipinski definition) is 2. The molecule has 170 valence electrons. The number of likely N-dealkylation sites (N-methyl/N-ethyl adjacent to an activating group) is 1. The average Bonchev–Trinajstić information content (AvgIpc) is 2.62. The van der Waals surface area contributed by atoms with Crippen LogP contribution in [0.15, 0.2) is 0 Å². The van der Waals surface area contributed by atoms with Crippen molar-refractivity contribution in [2.24, 2.45) is 0 Å². The van der Waals surface area contributed by atoms with Gasteiger partial charge < -0.3 is 10.4 Å². The summed E-state index contributed by atoms with van der Waals surface area (Å²) in [5.41, 5.74) is 0. The molecule has 0 aromatic carbocycles. The van der Waals surface area contributed by atoms with Crippen LogP contribution in [0, 0.1) is 0 Å². The third kappa shape index (κ3) is 19.0. The van der Waals surface area contributed by atoms with Gasteiger partial charge in [-0.3, -0.25) is 9.69 Å². The monoisotopic (exact) mass is 420 g/mol. The lowest BCUT2D eigenvalue weighted by Crippen LogP contribution is -2.51. The Kier molecular flexibility index (Phi) is 22.8. The number of hydrogen-bond acceptors (Lipinski definition) is 3. The zero-order chi connectivity index (χ0) is 20.3. The molecule has 2 unspecified atom stereocenters. The van der Waals surface area contributed by atoms with Crippen molar-refractivity contribution in [3.05, 3.63) is 0 Å². The zero-order valence-corrected chi connectivity index (χ0v) is 20.0. The molecule has 5 heteroatoms. The highest BCUT2D eigenvalue weighted by atomic mass is 35.5. The molecule has 2 atom stereocenters. The number of amides is 1. The van der Waals surface area contributed by atoms with E-state index >= 15 is 0 Å². The van der Waals surface area contributed by atoms with Crippen molar-refractivity contribution < 1.29 is 9.90 Å². The van der Waals surface area contributed by atoms with Crippen LogP contribution in [0.4, 0.5) is 0 Å². The summed E-state index contributed by atoms with van der Waals surface area (Å²) in [6, 6.07) is 0. The number of nitrogens with one attached hydrogen (secondary N) is 1. The second-order valence-electron chi connectivity index (χ2n) is 8.42. The Morgan fingerprint density at radius 3 is 1.46 bits per heavy atom. The summed E-state index contributed by atoms with van der Waals surface area (Å²) in [7, 11) is 3.73. The molecule has 0 saturated heterocycles. The number of nitrogens with zero attached hydrogens (tertiary/aromatic N) is 1. The van der Waals surface area contributed by atoms with E-state index in [-0.39, 0.29) is 24.5 Å². The van der Waals surface area contributed by atoms with E-state index in [0.29, 0.717) is 6.42 Å². The van der Waals surface area contributed by atoms with E-state index in [4.69, 9.17) is 0 Å². The van der Waals surface area contributed by atoms with E-state index in [1.165, 1.54) is 83.5 Å². The minimum absolute atomic E-state index is 0. The molecule has 0 aliphatic heterocycles. The van der Waals surface area contributed by atoms with E-state index < -0.39 is 6.10 Å². The smallest absolute Gasteiger partial charge is 0.221 e. The molecule has 0 saturated carbocycles. The fourth-order valence-corrected chi connectivity index (χ4v) is 3.58. The lowest BCUT2D eigenvalue weighted by Gasteiger charge is -2.27. The Bertz CT molecular complexity index is 331. The number of halogens is 1. The largest absolute Gasteiger partial charge is 0.390 e. The van der Waals surface area contributed by atoms with Gasteiger partial charge in [0.25, 0.3) is 0 Å². The second kappa shape index (κ2) is 21.4. The van der Waals surface area contributed by atoms with Crippen LogP contribution in [0.3, 0.4) is 0 Å². The van der Waals surface area contributed by atoms with Crippen molar-refractivity contribution in [2.75, 3.05) is 14.1 Å². The van der Waals surface area contributed by atoms with Gasteiger partial charge in [0.05, 0.1) is 6.10 Å². The van der Waals surface area contributed by atoms with Crippen LogP contribution in [0.2, 0.25) is 0 Å². The van der Waals surface area contributed by atoms with Crippen LogP contribution in [-0.4, -0.2) is 42.3 Å². The van der Waals surface area contributed by atoms with Crippen molar-refractivity contribution in [3.63, 3.8) is 0 Å². The van der Waals surface area contributed by atoms with Gasteiger partial charge in [0.1, 0.15) is 6.17 Å². The Labute approximate surface area is 181 Å². The van der Waals surface area contributed by atoms with Gasteiger partial charge in [0.2, 0.25) is 5.91 Å². The molecule has 0 aliphatic carbocycles. The molecule has 4 nitrogen and oxygen atoms in total. The third-order valence-electron chi connectivity index (χ3n) is 5.33. The highest BCUT2D eigenvalue weighted by Crippen LogP contribution is 2.13. The zero-order valence-electron chi connectivity index (χ0n) is 19.2. The van der Waals surface area contributed by atoms with Crippen LogP contribution in [0.5, 0.6) is 0 Å². The number of aliphatic hydroxyl groups excluding tert-OH is 1. The van der Waals surface area contributed by atoms with Crippen LogP contribution >= 0.6 is 12.4 Å². The second-order valence-corrected chi connectivity index (χ2v) is 8.42. The minimum atomic E-state index is -0.565. The van der Waals surface area contributed by atoms with Gasteiger partial charge in [0, 0.05) is 6.42 Å². The molecule has 0 bridgehead atoms. The SMILES string of the molecule is CCCCCCCCCCCCCCCCCC(=O)NC(C(C)O)N(C)C.Cl. The first-order valence-electron chi connectivity index (χ1n) is 11.6. The lowest BCUT2D eigenvalue weighted by molar-refractivity contribution is -0.124. The molecule has 2 N–H and O–H groups in total. The first-order chi connectivity index (χ1) is 13.0.